The fourth-order valence-corrected chi connectivity index (χ4v) is 1.59. The molecule has 0 aliphatic heterocycles. The minimum absolute atomic E-state index is 0. The fourth-order valence-electron chi connectivity index (χ4n) is 1.59. The molecule has 0 radical (unpaired) electrons. The normalized spacial score (nSPS) is 8.67. The first-order chi connectivity index (χ1) is 9.54. The molecule has 0 unspecified atom stereocenters. The van der Waals surface area contributed by atoms with Crippen molar-refractivity contribution in [2.75, 3.05) is 0 Å². The van der Waals surface area contributed by atoms with Crippen molar-refractivity contribution in [1.29, 1.82) is 0 Å². The van der Waals surface area contributed by atoms with Crippen LogP contribution in [0.4, 0.5) is 0 Å². The van der Waals surface area contributed by atoms with Gasteiger partial charge in [-0.3, -0.25) is 6.58 Å². The van der Waals surface area contributed by atoms with E-state index in [1.54, 1.807) is 19.1 Å². The van der Waals surface area contributed by atoms with E-state index in [0.717, 1.165) is 24.0 Å². The Balaban J connectivity index is 0. The van der Waals surface area contributed by atoms with E-state index in [9.17, 15) is 4.79 Å². The van der Waals surface area contributed by atoms with Gasteiger partial charge in [0.05, 0.1) is 0 Å². The minimum Gasteiger partial charge on any atom is -0.521 e. The van der Waals surface area contributed by atoms with Crippen molar-refractivity contribution in [1.82, 2.24) is 0 Å². The molecule has 1 aromatic carbocycles. The van der Waals surface area contributed by atoms with Crippen molar-refractivity contribution >= 4 is 5.97 Å². The summed E-state index contributed by atoms with van der Waals surface area (Å²) >= 11 is 0. The maximum atomic E-state index is 11.5. The van der Waals surface area contributed by atoms with E-state index < -0.39 is 5.97 Å². The number of hydrogen-bond acceptors (Lipinski definition) is 2. The van der Waals surface area contributed by atoms with Gasteiger partial charge in [-0.15, -0.1) is 18.2 Å². The molecular formula is C18H22O2U. The second-order valence-corrected chi connectivity index (χ2v) is 4.38. The number of esters is 1. The molecule has 0 heterocycles. The fraction of sp³-hybridized carbons (Fsp3) is 0.278. The summed E-state index contributed by atoms with van der Waals surface area (Å²) in [5, 5.41) is 0. The molecule has 0 saturated carbocycles. The molecule has 0 atom stereocenters. The number of carbonyl (C=O) groups is 1. The van der Waals surface area contributed by atoms with Crippen LogP contribution in [0.3, 0.4) is 0 Å². The Morgan fingerprint density at radius 2 is 2.00 bits per heavy atom. The first kappa shape index (κ1) is 22.2. The summed E-state index contributed by atoms with van der Waals surface area (Å²) in [4.78, 5) is 11.5. The van der Waals surface area contributed by atoms with Crippen LogP contribution in [0.2, 0.25) is 0 Å². The van der Waals surface area contributed by atoms with Crippen LogP contribution < -0.4 is 4.74 Å². The molecule has 0 amide bonds. The third-order valence-corrected chi connectivity index (χ3v) is 2.50. The third kappa shape index (κ3) is 8.76. The van der Waals surface area contributed by atoms with Gasteiger partial charge in [0.25, 0.3) is 0 Å². The van der Waals surface area contributed by atoms with E-state index in [1.165, 1.54) is 0 Å². The Hall–Kier alpha value is -1.04. The molecular weight excluding hydrogens is 486 g/mol. The van der Waals surface area contributed by atoms with Gasteiger partial charge in [0.15, 0.2) is 0 Å². The number of carbonyl (C=O) groups excluding carboxylic acids is 1. The van der Waals surface area contributed by atoms with Crippen molar-refractivity contribution in [3.63, 3.8) is 0 Å². The van der Waals surface area contributed by atoms with Gasteiger partial charge in [-0.05, 0) is 19.8 Å². The molecule has 0 aliphatic carbocycles. The first-order valence-corrected chi connectivity index (χ1v) is 6.48. The van der Waals surface area contributed by atoms with Gasteiger partial charge in [-0.1, -0.05) is 25.5 Å². The SMILES string of the molecule is C=C(CCC)Cc1c[c-]ccc1OC(=O)C(=C)C.[CH-]=C.[U+2]. The molecule has 110 valence electrons. The molecule has 0 aromatic heterocycles. The van der Waals surface area contributed by atoms with Crippen LogP contribution in [0, 0.1) is 43.8 Å². The van der Waals surface area contributed by atoms with Crippen LogP contribution in [0.1, 0.15) is 32.3 Å². The smallest absolute Gasteiger partial charge is 0.521 e. The van der Waals surface area contributed by atoms with Gasteiger partial charge in [0.1, 0.15) is 0 Å². The average molecular weight is 508 g/mol. The summed E-state index contributed by atoms with van der Waals surface area (Å²) in [6.45, 7) is 18.3. The molecule has 0 saturated heterocycles. The Kier molecular flexibility index (Phi) is 13.4. The van der Waals surface area contributed by atoms with Gasteiger partial charge in [-0.2, -0.15) is 18.2 Å². The predicted octanol–water partition coefficient (Wildman–Crippen LogP) is 4.47. The predicted molar refractivity (Wildman–Crippen MR) is 83.4 cm³/mol. The molecule has 1 aromatic rings. The molecule has 0 bridgehead atoms. The Morgan fingerprint density at radius 3 is 2.52 bits per heavy atom. The van der Waals surface area contributed by atoms with Crippen LogP contribution >= 0.6 is 0 Å². The minimum atomic E-state index is -0.399. The average Bonchev–Trinajstić information content (AvgIpc) is 2.43. The molecule has 0 N–H and O–H groups in total. The van der Waals surface area contributed by atoms with E-state index in [0.29, 0.717) is 17.7 Å². The van der Waals surface area contributed by atoms with Crippen molar-refractivity contribution in [3.05, 3.63) is 67.3 Å². The number of ether oxygens (including phenoxy) is 1. The van der Waals surface area contributed by atoms with Crippen LogP contribution in [-0.4, -0.2) is 5.97 Å². The Labute approximate surface area is 152 Å². The van der Waals surface area contributed by atoms with Crippen molar-refractivity contribution < 1.29 is 40.6 Å². The molecule has 0 aliphatic rings. The van der Waals surface area contributed by atoms with E-state index in [-0.39, 0.29) is 31.1 Å². The third-order valence-electron chi connectivity index (χ3n) is 2.50. The van der Waals surface area contributed by atoms with Gasteiger partial charge in [0.2, 0.25) is 0 Å². The van der Waals surface area contributed by atoms with Crippen molar-refractivity contribution in [2.45, 2.75) is 33.1 Å². The van der Waals surface area contributed by atoms with Gasteiger partial charge < -0.3 is 11.3 Å². The maximum Gasteiger partial charge on any atom is 2.00 e. The summed E-state index contributed by atoms with van der Waals surface area (Å²) in [7, 11) is 0. The quantitative estimate of drug-likeness (QED) is 0.186. The number of rotatable bonds is 6. The number of hydrogen-bond donors (Lipinski definition) is 0. The zero-order valence-electron chi connectivity index (χ0n) is 12.9. The molecule has 3 heteroatoms. The number of allylic oxidation sites excluding steroid dienone is 1. The van der Waals surface area contributed by atoms with E-state index in [1.807, 2.05) is 6.07 Å². The van der Waals surface area contributed by atoms with Crippen molar-refractivity contribution in [3.8, 4) is 5.75 Å². The zero-order chi connectivity index (χ0) is 15.5. The standard InChI is InChI=1S/C16H19O2.C2H3.U/c1-5-8-13(4)11-14-9-6-7-10-15(14)18-16(17)12(2)3;1-2;/h7,9-10H,2,4-5,8,11H2,1,3H3;1H,2H2;/q2*-1;+2. The summed E-state index contributed by atoms with van der Waals surface area (Å²) in [6, 6.07) is 8.31. The largest absolute Gasteiger partial charge is 2.00 e. The van der Waals surface area contributed by atoms with E-state index >= 15 is 0 Å². The van der Waals surface area contributed by atoms with E-state index in [4.69, 9.17) is 4.74 Å². The number of benzene rings is 1. The van der Waals surface area contributed by atoms with Crippen LogP contribution in [0.25, 0.3) is 0 Å². The molecule has 0 fully saturated rings. The monoisotopic (exact) mass is 508 g/mol. The Morgan fingerprint density at radius 1 is 1.38 bits per heavy atom. The summed E-state index contributed by atoms with van der Waals surface area (Å²) in [5.41, 5.74) is 2.46. The molecule has 1 rings (SSSR count). The summed E-state index contributed by atoms with van der Waals surface area (Å²) in [5.74, 6) is 0.169. The van der Waals surface area contributed by atoms with E-state index in [2.05, 4.69) is 39.3 Å². The second kappa shape index (κ2) is 12.7. The van der Waals surface area contributed by atoms with Crippen LogP contribution in [-0.2, 0) is 11.2 Å². The molecule has 2 nitrogen and oxygen atoms in total. The van der Waals surface area contributed by atoms with Gasteiger partial charge in [-0.25, -0.2) is 4.79 Å². The zero-order valence-corrected chi connectivity index (χ0v) is 17.0. The first-order valence-electron chi connectivity index (χ1n) is 6.48. The van der Waals surface area contributed by atoms with Gasteiger partial charge in [0, 0.05) is 11.3 Å². The Bertz CT molecular complexity index is 478. The van der Waals surface area contributed by atoms with Crippen LogP contribution in [0.5, 0.6) is 5.75 Å². The second-order valence-electron chi connectivity index (χ2n) is 4.38. The molecule has 0 spiro atoms. The topological polar surface area (TPSA) is 26.3 Å². The van der Waals surface area contributed by atoms with Gasteiger partial charge >= 0.3 is 37.1 Å². The summed E-state index contributed by atoms with van der Waals surface area (Å²) < 4.78 is 5.29. The summed E-state index contributed by atoms with van der Waals surface area (Å²) in [6.07, 6.45) is 2.75. The van der Waals surface area contributed by atoms with Crippen LogP contribution in [0.15, 0.2) is 49.1 Å². The maximum absolute atomic E-state index is 11.5. The van der Waals surface area contributed by atoms with Crippen molar-refractivity contribution in [2.24, 2.45) is 0 Å². The molecule has 21 heavy (non-hydrogen) atoms.